The fourth-order valence-corrected chi connectivity index (χ4v) is 0.893. The van der Waals surface area contributed by atoms with Gasteiger partial charge in [0.05, 0.1) is 5.54 Å². The molecule has 0 bridgehead atoms. The molecule has 74 valence electrons. The quantitative estimate of drug-likeness (QED) is 0.658. The van der Waals surface area contributed by atoms with Gasteiger partial charge in [-0.2, -0.15) is 0 Å². The number of amides is 2. The molecular weight excluding hydrogens is 164 g/mol. The van der Waals surface area contributed by atoms with Crippen LogP contribution in [0.15, 0.2) is 0 Å². The first-order valence-electron chi connectivity index (χ1n) is 4.51. The summed E-state index contributed by atoms with van der Waals surface area (Å²) in [6.45, 7) is 8.87. The Balaban J connectivity index is 4.23. The number of hydrogen-bond donors (Lipinski definition) is 1. The maximum absolute atomic E-state index is 11.5. The average molecular weight is 182 g/mol. The van der Waals surface area contributed by atoms with E-state index in [9.17, 15) is 4.79 Å². The molecule has 0 aromatic heterocycles. The lowest BCUT2D eigenvalue weighted by Gasteiger charge is -2.25. The molecule has 2 amide bonds. The second-order valence-corrected chi connectivity index (χ2v) is 3.37. The summed E-state index contributed by atoms with van der Waals surface area (Å²) < 4.78 is 0. The summed E-state index contributed by atoms with van der Waals surface area (Å²) in [6, 6.07) is -0.104. The van der Waals surface area contributed by atoms with Crippen molar-refractivity contribution in [2.24, 2.45) is 0 Å². The van der Waals surface area contributed by atoms with Crippen LogP contribution in [0, 0.1) is 12.3 Å². The van der Waals surface area contributed by atoms with Gasteiger partial charge >= 0.3 is 6.03 Å². The summed E-state index contributed by atoms with van der Waals surface area (Å²) in [5.74, 6) is 2.52. The van der Waals surface area contributed by atoms with Crippen molar-refractivity contribution in [3.63, 3.8) is 0 Å². The molecule has 0 fully saturated rings. The van der Waals surface area contributed by atoms with Crippen molar-refractivity contribution in [1.29, 1.82) is 0 Å². The standard InChI is InChI=1S/C10H18N2O/c1-6-10(4,5)11-9(13)12(7-2)8-3/h1H,7-8H2,2-5H3,(H,11,13). The smallest absolute Gasteiger partial charge is 0.318 e. The molecule has 0 atom stereocenters. The van der Waals surface area contributed by atoms with Crippen LogP contribution in [0.2, 0.25) is 0 Å². The van der Waals surface area contributed by atoms with Crippen molar-refractivity contribution in [1.82, 2.24) is 10.2 Å². The third-order valence-corrected chi connectivity index (χ3v) is 1.83. The van der Waals surface area contributed by atoms with Crippen molar-refractivity contribution in [3.05, 3.63) is 0 Å². The van der Waals surface area contributed by atoms with E-state index in [1.54, 1.807) is 18.7 Å². The van der Waals surface area contributed by atoms with Gasteiger partial charge in [-0.05, 0) is 27.7 Å². The fourth-order valence-electron chi connectivity index (χ4n) is 0.893. The van der Waals surface area contributed by atoms with Crippen LogP contribution in [0.3, 0.4) is 0 Å². The lowest BCUT2D eigenvalue weighted by molar-refractivity contribution is 0.197. The van der Waals surface area contributed by atoms with E-state index in [2.05, 4.69) is 11.2 Å². The van der Waals surface area contributed by atoms with Gasteiger partial charge in [0.2, 0.25) is 0 Å². The normalized spacial score (nSPS) is 10.4. The van der Waals surface area contributed by atoms with Crippen molar-refractivity contribution < 1.29 is 4.79 Å². The van der Waals surface area contributed by atoms with Gasteiger partial charge in [0.15, 0.2) is 0 Å². The lowest BCUT2D eigenvalue weighted by Crippen LogP contribution is -2.49. The Morgan fingerprint density at radius 1 is 1.46 bits per heavy atom. The first-order chi connectivity index (χ1) is 5.96. The number of hydrogen-bond acceptors (Lipinski definition) is 1. The van der Waals surface area contributed by atoms with Gasteiger partial charge in [-0.3, -0.25) is 0 Å². The molecule has 1 N–H and O–H groups in total. The molecule has 0 aliphatic carbocycles. The number of nitrogens with one attached hydrogen (secondary N) is 1. The second-order valence-electron chi connectivity index (χ2n) is 3.37. The molecule has 0 aromatic rings. The van der Waals surface area contributed by atoms with Crippen molar-refractivity contribution >= 4 is 6.03 Å². The molecule has 0 saturated carbocycles. The van der Waals surface area contributed by atoms with E-state index in [1.165, 1.54) is 0 Å². The molecular formula is C10H18N2O. The van der Waals surface area contributed by atoms with Crippen LogP contribution in [0.4, 0.5) is 4.79 Å². The van der Waals surface area contributed by atoms with Crippen LogP contribution in [0.5, 0.6) is 0 Å². The predicted molar refractivity (Wildman–Crippen MR) is 54.4 cm³/mol. The number of rotatable bonds is 3. The van der Waals surface area contributed by atoms with Crippen LogP contribution in [-0.4, -0.2) is 29.6 Å². The Morgan fingerprint density at radius 2 is 1.92 bits per heavy atom. The van der Waals surface area contributed by atoms with Crippen molar-refractivity contribution in [2.75, 3.05) is 13.1 Å². The minimum absolute atomic E-state index is 0.104. The van der Waals surface area contributed by atoms with Crippen LogP contribution in [0.1, 0.15) is 27.7 Å². The molecule has 3 heteroatoms. The predicted octanol–water partition coefficient (Wildman–Crippen LogP) is 1.45. The maximum atomic E-state index is 11.5. The van der Waals surface area contributed by atoms with E-state index in [-0.39, 0.29) is 6.03 Å². The second kappa shape index (κ2) is 4.76. The molecule has 13 heavy (non-hydrogen) atoms. The minimum atomic E-state index is -0.570. The number of nitrogens with zero attached hydrogens (tertiary/aromatic N) is 1. The van der Waals surface area contributed by atoms with E-state index >= 15 is 0 Å². The Kier molecular flexibility index (Phi) is 4.33. The molecule has 0 heterocycles. The number of carbonyl (C=O) groups excluding carboxylic acids is 1. The van der Waals surface area contributed by atoms with Gasteiger partial charge in [-0.15, -0.1) is 6.42 Å². The molecule has 0 rings (SSSR count). The first-order valence-corrected chi connectivity index (χ1v) is 4.51. The third kappa shape index (κ3) is 3.84. The van der Waals surface area contributed by atoms with E-state index in [0.717, 1.165) is 0 Å². The van der Waals surface area contributed by atoms with Gasteiger partial charge in [0, 0.05) is 13.1 Å². The van der Waals surface area contributed by atoms with Crippen molar-refractivity contribution in [3.8, 4) is 12.3 Å². The van der Waals surface area contributed by atoms with E-state index in [4.69, 9.17) is 6.42 Å². The molecule has 0 radical (unpaired) electrons. The summed E-state index contributed by atoms with van der Waals surface area (Å²) in [4.78, 5) is 13.2. The van der Waals surface area contributed by atoms with Gasteiger partial charge in [-0.1, -0.05) is 5.92 Å². The Morgan fingerprint density at radius 3 is 2.23 bits per heavy atom. The number of carbonyl (C=O) groups is 1. The highest BCUT2D eigenvalue weighted by Gasteiger charge is 2.19. The zero-order valence-corrected chi connectivity index (χ0v) is 8.85. The molecule has 0 aliphatic heterocycles. The van der Waals surface area contributed by atoms with Gasteiger partial charge in [-0.25, -0.2) is 4.79 Å². The number of urea groups is 1. The summed E-state index contributed by atoms with van der Waals surface area (Å²) >= 11 is 0. The maximum Gasteiger partial charge on any atom is 0.318 e. The van der Waals surface area contributed by atoms with Crippen LogP contribution in [0.25, 0.3) is 0 Å². The summed E-state index contributed by atoms with van der Waals surface area (Å²) in [7, 11) is 0. The Bertz CT molecular complexity index is 211. The summed E-state index contributed by atoms with van der Waals surface area (Å²) in [5.41, 5.74) is -0.570. The molecule has 0 spiro atoms. The van der Waals surface area contributed by atoms with Crippen LogP contribution >= 0.6 is 0 Å². The summed E-state index contributed by atoms with van der Waals surface area (Å²) in [6.07, 6.45) is 5.25. The first kappa shape index (κ1) is 11.8. The molecule has 0 aliphatic rings. The topological polar surface area (TPSA) is 32.3 Å². The zero-order valence-electron chi connectivity index (χ0n) is 8.85. The van der Waals surface area contributed by atoms with Gasteiger partial charge in [0.1, 0.15) is 0 Å². The lowest BCUT2D eigenvalue weighted by atomic mass is 10.1. The highest BCUT2D eigenvalue weighted by molar-refractivity contribution is 5.75. The van der Waals surface area contributed by atoms with E-state index < -0.39 is 5.54 Å². The Labute approximate surface area is 80.5 Å². The monoisotopic (exact) mass is 182 g/mol. The highest BCUT2D eigenvalue weighted by atomic mass is 16.2. The van der Waals surface area contributed by atoms with E-state index in [1.807, 2.05) is 13.8 Å². The third-order valence-electron chi connectivity index (χ3n) is 1.83. The molecule has 0 unspecified atom stereocenters. The van der Waals surface area contributed by atoms with Crippen LogP contribution in [-0.2, 0) is 0 Å². The SMILES string of the molecule is C#CC(C)(C)NC(=O)N(CC)CC. The fraction of sp³-hybridized carbons (Fsp3) is 0.700. The summed E-state index contributed by atoms with van der Waals surface area (Å²) in [5, 5.41) is 2.76. The zero-order chi connectivity index (χ0) is 10.5. The van der Waals surface area contributed by atoms with Gasteiger partial charge < -0.3 is 10.2 Å². The van der Waals surface area contributed by atoms with E-state index in [0.29, 0.717) is 13.1 Å². The Hall–Kier alpha value is -1.17. The molecule has 0 saturated heterocycles. The minimum Gasteiger partial charge on any atom is -0.325 e. The van der Waals surface area contributed by atoms with Crippen LogP contribution < -0.4 is 5.32 Å². The number of terminal acetylenes is 1. The average Bonchev–Trinajstić information content (AvgIpc) is 2.06. The largest absolute Gasteiger partial charge is 0.325 e. The molecule has 3 nitrogen and oxygen atoms in total. The highest BCUT2D eigenvalue weighted by Crippen LogP contribution is 2.00. The van der Waals surface area contributed by atoms with Crippen molar-refractivity contribution in [2.45, 2.75) is 33.2 Å². The molecule has 0 aromatic carbocycles. The van der Waals surface area contributed by atoms with Gasteiger partial charge in [0.25, 0.3) is 0 Å².